The molecule has 8 nitrogen and oxygen atoms in total. The molecule has 2 aromatic heterocycles. The maximum atomic E-state index is 12.5. The summed E-state index contributed by atoms with van der Waals surface area (Å²) in [4.78, 5) is 25.0. The number of benzene rings is 1. The van der Waals surface area contributed by atoms with Gasteiger partial charge in [-0.05, 0) is 19.1 Å². The number of rotatable bonds is 5. The van der Waals surface area contributed by atoms with Gasteiger partial charge in [0.05, 0.1) is 19.8 Å². The van der Waals surface area contributed by atoms with Gasteiger partial charge in [-0.15, -0.1) is 0 Å². The smallest absolute Gasteiger partial charge is 0.260 e. The third-order valence-electron chi connectivity index (χ3n) is 3.62. The molecule has 8 heteroatoms. The number of aromatic nitrogens is 4. The Labute approximate surface area is 144 Å². The number of nitrogens with zero attached hydrogens (tertiary/aromatic N) is 4. The van der Waals surface area contributed by atoms with Gasteiger partial charge in [-0.2, -0.15) is 0 Å². The van der Waals surface area contributed by atoms with Crippen LogP contribution < -0.4 is 14.8 Å². The normalized spacial score (nSPS) is 10.4. The Balaban J connectivity index is 1.86. The highest BCUT2D eigenvalue weighted by Gasteiger charge is 2.14. The molecule has 0 bridgehead atoms. The van der Waals surface area contributed by atoms with Crippen molar-refractivity contribution in [1.82, 2.24) is 19.5 Å². The Kier molecular flexibility index (Phi) is 4.60. The van der Waals surface area contributed by atoms with Crippen LogP contribution in [0.2, 0.25) is 0 Å². The lowest BCUT2D eigenvalue weighted by molar-refractivity contribution is 0.102. The summed E-state index contributed by atoms with van der Waals surface area (Å²) in [7, 11) is 3.05. The van der Waals surface area contributed by atoms with Crippen LogP contribution in [0.5, 0.6) is 11.5 Å². The summed E-state index contributed by atoms with van der Waals surface area (Å²) in [5.41, 5.74) is 0.377. The average molecular weight is 339 g/mol. The molecule has 0 spiro atoms. The molecule has 0 atom stereocenters. The summed E-state index contributed by atoms with van der Waals surface area (Å²) in [5.74, 6) is 2.45. The number of hydrogen-bond acceptors (Lipinski definition) is 6. The Morgan fingerprint density at radius 2 is 1.96 bits per heavy atom. The third kappa shape index (κ3) is 3.42. The van der Waals surface area contributed by atoms with E-state index in [1.807, 2.05) is 6.92 Å². The summed E-state index contributed by atoms with van der Waals surface area (Å²) in [6.45, 7) is 1.86. The molecule has 2 heterocycles. The lowest BCUT2D eigenvalue weighted by atomic mass is 10.1. The van der Waals surface area contributed by atoms with E-state index in [0.717, 1.165) is 5.82 Å². The first kappa shape index (κ1) is 16.4. The fraction of sp³-hybridized carbons (Fsp3) is 0.176. The van der Waals surface area contributed by atoms with Crippen LogP contribution in [0.3, 0.4) is 0 Å². The second-order valence-corrected chi connectivity index (χ2v) is 5.13. The maximum absolute atomic E-state index is 12.5. The number of hydrogen-bond donors (Lipinski definition) is 1. The van der Waals surface area contributed by atoms with Gasteiger partial charge >= 0.3 is 0 Å². The Bertz CT molecular complexity index is 907. The van der Waals surface area contributed by atoms with Crippen molar-refractivity contribution in [2.45, 2.75) is 6.92 Å². The van der Waals surface area contributed by atoms with Crippen molar-refractivity contribution in [3.63, 3.8) is 0 Å². The molecule has 0 saturated heterocycles. The zero-order valence-electron chi connectivity index (χ0n) is 14.1. The molecule has 1 N–H and O–H groups in total. The summed E-state index contributed by atoms with van der Waals surface area (Å²) in [5, 5.41) is 2.75. The third-order valence-corrected chi connectivity index (χ3v) is 3.62. The molecule has 1 amide bonds. The zero-order chi connectivity index (χ0) is 17.8. The van der Waals surface area contributed by atoms with Crippen molar-refractivity contribution in [2.75, 3.05) is 19.5 Å². The van der Waals surface area contributed by atoms with E-state index in [4.69, 9.17) is 9.47 Å². The number of carbonyl (C=O) groups excluding carboxylic acids is 1. The van der Waals surface area contributed by atoms with Crippen molar-refractivity contribution in [3.8, 4) is 17.3 Å². The number of anilines is 1. The van der Waals surface area contributed by atoms with Crippen LogP contribution in [0.15, 0.2) is 43.0 Å². The van der Waals surface area contributed by atoms with Crippen molar-refractivity contribution >= 4 is 11.7 Å². The number of imidazole rings is 1. The van der Waals surface area contributed by atoms with E-state index in [0.29, 0.717) is 28.7 Å². The number of carbonyl (C=O) groups is 1. The molecule has 0 aliphatic rings. The van der Waals surface area contributed by atoms with Crippen LogP contribution in [0.4, 0.5) is 5.82 Å². The summed E-state index contributed by atoms with van der Waals surface area (Å²) < 4.78 is 12.2. The largest absolute Gasteiger partial charge is 0.497 e. The van der Waals surface area contributed by atoms with E-state index >= 15 is 0 Å². The van der Waals surface area contributed by atoms with E-state index in [2.05, 4.69) is 20.3 Å². The first-order chi connectivity index (χ1) is 12.1. The summed E-state index contributed by atoms with van der Waals surface area (Å²) in [6, 6.07) is 6.64. The van der Waals surface area contributed by atoms with Crippen molar-refractivity contribution in [2.24, 2.45) is 0 Å². The fourth-order valence-corrected chi connectivity index (χ4v) is 2.34. The van der Waals surface area contributed by atoms with Crippen molar-refractivity contribution in [1.29, 1.82) is 0 Å². The zero-order valence-corrected chi connectivity index (χ0v) is 14.1. The van der Waals surface area contributed by atoms with Gasteiger partial charge in [0.2, 0.25) is 0 Å². The molecule has 0 radical (unpaired) electrons. The van der Waals surface area contributed by atoms with Gasteiger partial charge < -0.3 is 14.8 Å². The Hall–Kier alpha value is -3.42. The first-order valence-electron chi connectivity index (χ1n) is 7.48. The van der Waals surface area contributed by atoms with Crippen molar-refractivity contribution < 1.29 is 14.3 Å². The number of methoxy groups -OCH3 is 2. The van der Waals surface area contributed by atoms with Crippen LogP contribution in [0.1, 0.15) is 16.2 Å². The summed E-state index contributed by atoms with van der Waals surface area (Å²) >= 11 is 0. The minimum atomic E-state index is -0.341. The van der Waals surface area contributed by atoms with E-state index in [-0.39, 0.29) is 5.91 Å². The van der Waals surface area contributed by atoms with Crippen LogP contribution in [0, 0.1) is 6.92 Å². The molecular weight excluding hydrogens is 322 g/mol. The number of ether oxygens (including phenoxy) is 2. The van der Waals surface area contributed by atoms with Gasteiger partial charge in [-0.3, -0.25) is 9.36 Å². The number of aryl methyl sites for hydroxylation is 1. The van der Waals surface area contributed by atoms with Gasteiger partial charge in [0, 0.05) is 24.5 Å². The van der Waals surface area contributed by atoms with Gasteiger partial charge in [0.25, 0.3) is 5.91 Å². The van der Waals surface area contributed by atoms with E-state index in [1.165, 1.54) is 13.4 Å². The first-order valence-corrected chi connectivity index (χ1v) is 7.48. The highest BCUT2D eigenvalue weighted by atomic mass is 16.5. The number of amides is 1. The number of nitrogens with one attached hydrogen (secondary N) is 1. The highest BCUT2D eigenvalue weighted by Crippen LogP contribution is 2.25. The monoisotopic (exact) mass is 339 g/mol. The fourth-order valence-electron chi connectivity index (χ4n) is 2.34. The molecule has 0 aliphatic carbocycles. The molecule has 0 fully saturated rings. The summed E-state index contributed by atoms with van der Waals surface area (Å²) in [6.07, 6.45) is 4.85. The van der Waals surface area contributed by atoms with Crippen LogP contribution in [-0.2, 0) is 0 Å². The van der Waals surface area contributed by atoms with E-state index in [9.17, 15) is 4.79 Å². The van der Waals surface area contributed by atoms with Gasteiger partial charge in [0.1, 0.15) is 35.3 Å². The minimum absolute atomic E-state index is 0.341. The molecule has 3 rings (SSSR count). The molecule has 1 aromatic carbocycles. The van der Waals surface area contributed by atoms with E-state index in [1.54, 1.807) is 48.3 Å². The molecule has 0 aliphatic heterocycles. The lowest BCUT2D eigenvalue weighted by Gasteiger charge is -2.11. The molecule has 25 heavy (non-hydrogen) atoms. The molecule has 128 valence electrons. The highest BCUT2D eigenvalue weighted by molar-refractivity contribution is 6.05. The SMILES string of the molecule is COc1ccc(C(=O)Nc2cc(-n3ccnc3C)ncn2)c(OC)c1. The average Bonchev–Trinajstić information content (AvgIpc) is 3.07. The second-order valence-electron chi connectivity index (χ2n) is 5.13. The standard InChI is InChI=1S/C17H17N5O3/c1-11-18-6-7-22(11)16-9-15(19-10-20-16)21-17(23)13-5-4-12(24-2)8-14(13)25-3/h4-10H,1-3H3,(H,19,20,21,23). The van der Waals surface area contributed by atoms with E-state index < -0.39 is 0 Å². The molecule has 0 unspecified atom stereocenters. The molecule has 0 saturated carbocycles. The van der Waals surface area contributed by atoms with Crippen molar-refractivity contribution in [3.05, 3.63) is 54.4 Å². The van der Waals surface area contributed by atoms with Crippen LogP contribution in [0.25, 0.3) is 5.82 Å². The minimum Gasteiger partial charge on any atom is -0.497 e. The molecular formula is C17H17N5O3. The topological polar surface area (TPSA) is 91.2 Å². The lowest BCUT2D eigenvalue weighted by Crippen LogP contribution is -2.15. The molecule has 3 aromatic rings. The quantitative estimate of drug-likeness (QED) is 0.766. The van der Waals surface area contributed by atoms with Gasteiger partial charge in [0.15, 0.2) is 0 Å². The second kappa shape index (κ2) is 7.00. The predicted octanol–water partition coefficient (Wildman–Crippen LogP) is 2.24. The predicted molar refractivity (Wildman–Crippen MR) is 91.4 cm³/mol. The van der Waals surface area contributed by atoms with Crippen LogP contribution in [-0.4, -0.2) is 39.6 Å². The van der Waals surface area contributed by atoms with Gasteiger partial charge in [-0.25, -0.2) is 15.0 Å². The van der Waals surface area contributed by atoms with Gasteiger partial charge in [-0.1, -0.05) is 0 Å². The van der Waals surface area contributed by atoms with Crippen LogP contribution >= 0.6 is 0 Å². The maximum Gasteiger partial charge on any atom is 0.260 e. The Morgan fingerprint density at radius 3 is 2.64 bits per heavy atom. The Morgan fingerprint density at radius 1 is 1.12 bits per heavy atom.